The molecule has 0 aromatic heterocycles. The van der Waals surface area contributed by atoms with Crippen LogP contribution in [0.4, 0.5) is 0 Å². The van der Waals surface area contributed by atoms with E-state index in [1.807, 2.05) is 0 Å². The van der Waals surface area contributed by atoms with Crippen LogP contribution in [0.3, 0.4) is 0 Å². The number of ether oxygens (including phenoxy) is 14. The number of carbonyl (C=O) groups is 4. The van der Waals surface area contributed by atoms with Crippen LogP contribution in [0, 0.1) is 0 Å². The zero-order valence-corrected chi connectivity index (χ0v) is 55.6. The van der Waals surface area contributed by atoms with Gasteiger partial charge in [0, 0.05) is 27.2 Å². The minimum atomic E-state index is -3.28. The first-order chi connectivity index (χ1) is 49.0. The quantitative estimate of drug-likeness (QED) is 0.0297. The zero-order valence-electron chi connectivity index (χ0n) is 55.6. The van der Waals surface area contributed by atoms with Gasteiger partial charge in [-0.25, -0.2) is 4.79 Å². The van der Waals surface area contributed by atoms with Crippen molar-refractivity contribution in [3.63, 3.8) is 0 Å². The molecule has 7 heterocycles. The van der Waals surface area contributed by atoms with Crippen LogP contribution in [0.2, 0.25) is 0 Å². The third kappa shape index (κ3) is 19.5. The number of hydrogen-bond acceptors (Lipinski definition) is 43. The Labute approximate surface area is 588 Å². The summed E-state index contributed by atoms with van der Waals surface area (Å²) in [6, 6.07) is -5.67. The van der Waals surface area contributed by atoms with Crippen LogP contribution in [-0.2, 0) is 85.5 Å². The topological polar surface area (TPSA) is 760 Å². The molecule has 47 heteroatoms. The molecule has 7 saturated heterocycles. The van der Waals surface area contributed by atoms with E-state index in [-0.39, 0.29) is 0 Å². The smallest absolute Gasteiger partial charge is 0.364 e. The molecular formula is C57H97N3O44. The molecular weight excluding hydrogens is 1430 g/mol. The van der Waals surface area contributed by atoms with Crippen molar-refractivity contribution < 1.29 is 218 Å². The summed E-state index contributed by atoms with van der Waals surface area (Å²) in [5.41, 5.74) is 0. The fourth-order valence-electron chi connectivity index (χ4n) is 12.9. The lowest BCUT2D eigenvalue weighted by atomic mass is 9.88. The number of carboxylic acids is 1. The predicted octanol–water partition coefficient (Wildman–Crippen LogP) is -19.2. The van der Waals surface area contributed by atoms with Gasteiger partial charge in [-0.2, -0.15) is 0 Å². The summed E-state index contributed by atoms with van der Waals surface area (Å²) < 4.78 is 80.9. The molecule has 7 aliphatic heterocycles. The van der Waals surface area contributed by atoms with Crippen LogP contribution < -0.4 is 16.0 Å². The number of carbonyl (C=O) groups excluding carboxylic acids is 3. The Morgan fingerprint density at radius 3 is 1.27 bits per heavy atom. The van der Waals surface area contributed by atoms with Crippen LogP contribution >= 0.6 is 0 Å². The van der Waals surface area contributed by atoms with E-state index in [0.717, 1.165) is 20.8 Å². The fourth-order valence-corrected chi connectivity index (χ4v) is 12.9. The molecule has 7 rings (SSSR count). The van der Waals surface area contributed by atoms with Crippen molar-refractivity contribution >= 4 is 23.7 Å². The average Bonchev–Trinajstić information content (AvgIpc) is 0.760. The van der Waals surface area contributed by atoms with Gasteiger partial charge in [-0.15, -0.1) is 0 Å². The summed E-state index contributed by atoms with van der Waals surface area (Å²) in [4.78, 5) is 51.2. The highest BCUT2D eigenvalue weighted by atomic mass is 16.8. The van der Waals surface area contributed by atoms with Gasteiger partial charge in [0.2, 0.25) is 17.7 Å². The molecule has 0 bridgehead atoms. The molecule has 7 aliphatic rings. The Kier molecular flexibility index (Phi) is 32.2. The standard InChI is InChI=1S/C57H97N3O44/c1-14(69)58-27-17(72)4-57(56(89)90,103-46(27)31(77)19(74)6-62)104-49-34(80)23(10-66)94-55(42(49)88)100-45-25(12-68)96-51(29(37(45)83)60-16(3)71)101-48-35(81)26(97-54(41(48)87)98-43(20(75)7-63)30(76)18(73)5-61)13-91-50-28(59-15(2)70)36(82)44(24(11-67)95-50)99-53-40(86)47(33(79)22(9-65)93-53)102-52-39(85)38(84)32(78)21(8-64)92-52/h17-55,61-68,72-88H,4-13H2,1-3H3,(H,58,69)(H,59,70)(H,60,71)(H,89,90)/t17-,18-,19+,20+,21+,22+,23+,24+,25+,26+,27+,28+,29+,30+,31+,32-,33-,34-,35-,36+,37+,38-,39+,40+,41+,42+,43+,44+,45+,46+,47-,48-,49-,50+,51-,52+,53-,54-,55-,57-/m0/s1. The molecule has 0 aromatic carbocycles. The first-order valence-electron chi connectivity index (χ1n) is 32.7. The predicted molar refractivity (Wildman–Crippen MR) is 319 cm³/mol. The molecule has 104 heavy (non-hydrogen) atoms. The van der Waals surface area contributed by atoms with Crippen molar-refractivity contribution in [3.05, 3.63) is 0 Å². The maximum atomic E-state index is 13.2. The van der Waals surface area contributed by atoms with Crippen LogP contribution in [-0.4, -0.2) is 461 Å². The number of hydrogen-bond donors (Lipinski definition) is 29. The molecule has 0 spiro atoms. The highest BCUT2D eigenvalue weighted by molar-refractivity contribution is 5.77. The summed E-state index contributed by atoms with van der Waals surface area (Å²) in [6.45, 7) is -7.60. The molecule has 604 valence electrons. The van der Waals surface area contributed by atoms with E-state index >= 15 is 0 Å². The van der Waals surface area contributed by atoms with Gasteiger partial charge in [-0.1, -0.05) is 0 Å². The van der Waals surface area contributed by atoms with E-state index in [1.54, 1.807) is 0 Å². The Morgan fingerprint density at radius 1 is 0.413 bits per heavy atom. The maximum absolute atomic E-state index is 13.2. The molecule has 40 atom stereocenters. The van der Waals surface area contributed by atoms with Gasteiger partial charge >= 0.3 is 5.97 Å². The Bertz CT molecular complexity index is 2690. The van der Waals surface area contributed by atoms with Crippen molar-refractivity contribution in [2.45, 2.75) is 272 Å². The van der Waals surface area contributed by atoms with E-state index in [2.05, 4.69) is 16.0 Å². The van der Waals surface area contributed by atoms with Crippen molar-refractivity contribution in [2.75, 3.05) is 59.5 Å². The van der Waals surface area contributed by atoms with Crippen molar-refractivity contribution in [1.82, 2.24) is 16.0 Å². The van der Waals surface area contributed by atoms with E-state index in [9.17, 15) is 152 Å². The third-order valence-corrected chi connectivity index (χ3v) is 18.5. The normalized spacial score (nSPS) is 44.8. The number of carboxylic acid groups (broad SMARTS) is 1. The van der Waals surface area contributed by atoms with Crippen molar-refractivity contribution in [3.8, 4) is 0 Å². The van der Waals surface area contributed by atoms with Gasteiger partial charge in [0.05, 0.1) is 71.6 Å². The third-order valence-electron chi connectivity index (χ3n) is 18.5. The lowest BCUT2D eigenvalue weighted by Gasteiger charge is -2.51. The van der Waals surface area contributed by atoms with E-state index in [0.29, 0.717) is 0 Å². The first kappa shape index (κ1) is 87.5. The fraction of sp³-hybridized carbons (Fsp3) is 0.930. The van der Waals surface area contributed by atoms with Crippen molar-refractivity contribution in [2.24, 2.45) is 0 Å². The van der Waals surface area contributed by atoms with Gasteiger partial charge in [0.1, 0.15) is 189 Å². The lowest BCUT2D eigenvalue weighted by Crippen LogP contribution is -2.71. The van der Waals surface area contributed by atoms with Crippen LogP contribution in [0.25, 0.3) is 0 Å². The number of nitrogens with one attached hydrogen (secondary N) is 3. The second-order valence-electron chi connectivity index (χ2n) is 25.8. The summed E-state index contributed by atoms with van der Waals surface area (Å²) in [5.74, 6) is -8.25. The largest absolute Gasteiger partial charge is 0.477 e. The molecule has 0 saturated carbocycles. The first-order valence-corrected chi connectivity index (χ1v) is 32.7. The monoisotopic (exact) mass is 1530 g/mol. The molecule has 0 radical (unpaired) electrons. The van der Waals surface area contributed by atoms with Crippen LogP contribution in [0.1, 0.15) is 27.2 Å². The van der Waals surface area contributed by atoms with Crippen LogP contribution in [0.15, 0.2) is 0 Å². The van der Waals surface area contributed by atoms with Gasteiger partial charge < -0.3 is 215 Å². The number of aliphatic hydroxyl groups is 25. The Balaban J connectivity index is 1.16. The van der Waals surface area contributed by atoms with E-state index in [1.165, 1.54) is 0 Å². The average molecular weight is 1530 g/mol. The molecule has 47 nitrogen and oxygen atoms in total. The number of aliphatic hydroxyl groups excluding tert-OH is 25. The summed E-state index contributed by atoms with van der Waals surface area (Å²) in [6.07, 6.45) is -78.4. The van der Waals surface area contributed by atoms with Gasteiger partial charge in [0.15, 0.2) is 37.7 Å². The minimum absolute atomic E-state index is 0.868. The molecule has 3 amide bonds. The lowest BCUT2D eigenvalue weighted by molar-refractivity contribution is -0.389. The molecule has 7 fully saturated rings. The molecule has 0 aliphatic carbocycles. The van der Waals surface area contributed by atoms with Gasteiger partial charge in [-0.05, 0) is 0 Å². The minimum Gasteiger partial charge on any atom is -0.477 e. The highest BCUT2D eigenvalue weighted by Gasteiger charge is 2.62. The van der Waals surface area contributed by atoms with Crippen molar-refractivity contribution in [1.29, 1.82) is 0 Å². The molecule has 0 aromatic rings. The molecule has 0 unspecified atom stereocenters. The second kappa shape index (κ2) is 38.3. The van der Waals surface area contributed by atoms with Crippen LogP contribution in [0.5, 0.6) is 0 Å². The second-order valence-corrected chi connectivity index (χ2v) is 25.8. The number of aliphatic carboxylic acids is 1. The Hall–Kier alpha value is -3.68. The highest BCUT2D eigenvalue weighted by Crippen LogP contribution is 2.41. The van der Waals surface area contributed by atoms with Gasteiger partial charge in [0.25, 0.3) is 5.79 Å². The van der Waals surface area contributed by atoms with Gasteiger partial charge in [-0.3, -0.25) is 14.4 Å². The summed E-state index contributed by atoms with van der Waals surface area (Å²) in [5, 5.41) is 289. The summed E-state index contributed by atoms with van der Waals surface area (Å²) >= 11 is 0. The van der Waals surface area contributed by atoms with E-state index in [4.69, 9.17) is 66.3 Å². The maximum Gasteiger partial charge on any atom is 0.364 e. The Morgan fingerprint density at radius 2 is 0.798 bits per heavy atom. The zero-order chi connectivity index (χ0) is 77.4. The number of amides is 3. The molecule has 29 N–H and O–H groups in total. The number of rotatable bonds is 32. The van der Waals surface area contributed by atoms with E-state index < -0.39 is 334 Å². The summed E-state index contributed by atoms with van der Waals surface area (Å²) in [7, 11) is 0. The SMILES string of the molecule is CC(=O)N[C@H]1[C@H](OC[C@H]2O[C@@H](O[C@@H]([C@H](O)[C@@H](O)CO)[C@H](O)CO)[C@H](O)[C@@H](O[C@@H]3O[C@H](CO)[C@@H](O[C@@H]4O[C@H](CO)[C@H](O)[C@H](O[C@]5(C(=O)O)C[C@H](O)[C@@H](NC(C)=O)[C@H]([C@H](O)[C@H](O)CO)O5)[C@H]4O)[C@H](O)[C@H]3NC(C)=O)[C@H]2O)O[C@H](CO)[C@@H](O[C@@H]2O[C@H](CO)[C@H](O)[C@H](O[C@H]3O[C@H](CO)[C@H](O)[C@H](O)[C@H]3O)[C@H]2O)[C@@H]1O.